The number of carbonyl (C=O) groups is 2. The fourth-order valence-electron chi connectivity index (χ4n) is 2.32. The van der Waals surface area contributed by atoms with E-state index in [4.69, 9.17) is 40.2 Å². The normalized spacial score (nSPS) is 13.9. The number of thiocarbonyl (C=S) groups is 1. The average Bonchev–Trinajstić information content (AvgIpc) is 2.60. The number of hydrogen-bond donors (Lipinski definition) is 2. The van der Waals surface area contributed by atoms with Crippen LogP contribution in [0.2, 0.25) is 10.0 Å². The minimum Gasteiger partial charge on any atom is -0.488 e. The molecule has 1 saturated heterocycles. The Morgan fingerprint density at radius 1 is 1.04 bits per heavy atom. The second-order valence-corrected chi connectivity index (χ2v) is 7.65. The van der Waals surface area contributed by atoms with E-state index in [9.17, 15) is 9.59 Å². The monoisotopic (exact) mass is 484 g/mol. The van der Waals surface area contributed by atoms with Gasteiger partial charge in [-0.05, 0) is 54.2 Å². The third kappa shape index (κ3) is 4.87. The summed E-state index contributed by atoms with van der Waals surface area (Å²) in [5, 5.41) is 5.66. The van der Waals surface area contributed by atoms with Crippen LogP contribution in [0.3, 0.4) is 0 Å². The predicted octanol–water partition coefficient (Wildman–Crippen LogP) is 4.25. The van der Waals surface area contributed by atoms with Gasteiger partial charge in [0.05, 0.1) is 10.0 Å². The van der Waals surface area contributed by atoms with Gasteiger partial charge in [0.1, 0.15) is 17.9 Å². The van der Waals surface area contributed by atoms with Crippen molar-refractivity contribution in [2.24, 2.45) is 0 Å². The summed E-state index contributed by atoms with van der Waals surface area (Å²) in [7, 11) is 0. The van der Waals surface area contributed by atoms with E-state index in [-0.39, 0.29) is 17.3 Å². The molecule has 0 aliphatic carbocycles. The van der Waals surface area contributed by atoms with Crippen LogP contribution in [-0.2, 0) is 16.2 Å². The molecule has 0 aromatic heterocycles. The van der Waals surface area contributed by atoms with Gasteiger partial charge in [0, 0.05) is 10.0 Å². The Kier molecular flexibility index (Phi) is 6.16. The topological polar surface area (TPSA) is 67.4 Å². The molecular formula is C18H11BrCl2N2O3S. The van der Waals surface area contributed by atoms with Crippen molar-refractivity contribution >= 4 is 74.4 Å². The van der Waals surface area contributed by atoms with Crippen molar-refractivity contribution in [2.45, 2.75) is 6.61 Å². The summed E-state index contributed by atoms with van der Waals surface area (Å²) in [6.45, 7) is 0.233. The molecule has 0 radical (unpaired) electrons. The maximum Gasteiger partial charge on any atom is 0.263 e. The van der Waals surface area contributed by atoms with Gasteiger partial charge in [-0.3, -0.25) is 20.2 Å². The number of hydrogen-bond acceptors (Lipinski definition) is 4. The summed E-state index contributed by atoms with van der Waals surface area (Å²) in [6, 6.07) is 10.5. The smallest absolute Gasteiger partial charge is 0.263 e. The lowest BCUT2D eigenvalue weighted by Crippen LogP contribution is -2.51. The zero-order valence-corrected chi connectivity index (χ0v) is 17.4. The summed E-state index contributed by atoms with van der Waals surface area (Å²) in [5.41, 5.74) is 1.31. The zero-order valence-electron chi connectivity index (χ0n) is 13.5. The highest BCUT2D eigenvalue weighted by atomic mass is 79.9. The van der Waals surface area contributed by atoms with Crippen molar-refractivity contribution in [1.29, 1.82) is 0 Å². The Balaban J connectivity index is 1.88. The lowest BCUT2D eigenvalue weighted by Gasteiger charge is -2.17. The molecule has 1 fully saturated rings. The molecule has 0 saturated carbocycles. The minimum atomic E-state index is -0.570. The first kappa shape index (κ1) is 19.8. The van der Waals surface area contributed by atoms with Crippen LogP contribution in [0.25, 0.3) is 6.08 Å². The summed E-state index contributed by atoms with van der Waals surface area (Å²) in [5.74, 6) is -0.649. The number of carbonyl (C=O) groups excluding carboxylic acids is 2. The molecule has 1 aliphatic heterocycles. The van der Waals surface area contributed by atoms with Gasteiger partial charge in [-0.25, -0.2) is 0 Å². The van der Waals surface area contributed by atoms with Gasteiger partial charge in [-0.1, -0.05) is 45.2 Å². The van der Waals surface area contributed by atoms with Gasteiger partial charge in [0.2, 0.25) is 0 Å². The maximum atomic E-state index is 12.1. The summed E-state index contributed by atoms with van der Waals surface area (Å²) < 4.78 is 6.62. The van der Waals surface area contributed by atoms with E-state index in [0.29, 0.717) is 21.4 Å². The summed E-state index contributed by atoms with van der Waals surface area (Å²) in [4.78, 5) is 24.1. The van der Waals surface area contributed by atoms with Crippen molar-refractivity contribution in [1.82, 2.24) is 10.6 Å². The number of nitrogens with one attached hydrogen (secondary N) is 2. The SMILES string of the molecule is O=C1NC(=S)NC(=O)C1=Cc1cc(Br)ccc1OCc1ccc(Cl)c(Cl)c1. The van der Waals surface area contributed by atoms with E-state index in [1.54, 1.807) is 36.4 Å². The van der Waals surface area contributed by atoms with E-state index in [1.165, 1.54) is 6.08 Å². The molecule has 3 rings (SSSR count). The molecule has 138 valence electrons. The molecule has 27 heavy (non-hydrogen) atoms. The summed E-state index contributed by atoms with van der Waals surface area (Å²) >= 11 is 20.1. The molecule has 1 aliphatic rings. The third-order valence-corrected chi connectivity index (χ3v) is 5.03. The second kappa shape index (κ2) is 8.39. The maximum absolute atomic E-state index is 12.1. The van der Waals surface area contributed by atoms with E-state index in [0.717, 1.165) is 10.0 Å². The van der Waals surface area contributed by atoms with Crippen LogP contribution < -0.4 is 15.4 Å². The van der Waals surface area contributed by atoms with Crippen molar-refractivity contribution in [3.05, 3.63) is 67.6 Å². The lowest BCUT2D eigenvalue weighted by atomic mass is 10.1. The molecule has 0 atom stereocenters. The molecule has 9 heteroatoms. The van der Waals surface area contributed by atoms with E-state index >= 15 is 0 Å². The Bertz CT molecular complexity index is 973. The number of amides is 2. The predicted molar refractivity (Wildman–Crippen MR) is 112 cm³/mol. The van der Waals surface area contributed by atoms with Crippen molar-refractivity contribution in [2.75, 3.05) is 0 Å². The molecule has 5 nitrogen and oxygen atoms in total. The molecule has 2 N–H and O–H groups in total. The molecular weight excluding hydrogens is 475 g/mol. The number of benzene rings is 2. The van der Waals surface area contributed by atoms with Gasteiger partial charge in [-0.2, -0.15) is 0 Å². The van der Waals surface area contributed by atoms with Gasteiger partial charge >= 0.3 is 0 Å². The Labute approximate surface area is 178 Å². The molecule has 1 heterocycles. The Morgan fingerprint density at radius 3 is 2.41 bits per heavy atom. The third-order valence-electron chi connectivity index (χ3n) is 3.59. The molecule has 2 aromatic rings. The fourth-order valence-corrected chi connectivity index (χ4v) is 3.20. The molecule has 0 spiro atoms. The highest BCUT2D eigenvalue weighted by molar-refractivity contribution is 9.10. The first-order valence-corrected chi connectivity index (χ1v) is 9.54. The lowest BCUT2D eigenvalue weighted by molar-refractivity contribution is -0.123. The molecule has 2 amide bonds. The zero-order chi connectivity index (χ0) is 19.6. The van der Waals surface area contributed by atoms with Crippen LogP contribution in [0.4, 0.5) is 0 Å². The van der Waals surface area contributed by atoms with Crippen molar-refractivity contribution < 1.29 is 14.3 Å². The van der Waals surface area contributed by atoms with Gasteiger partial charge in [0.25, 0.3) is 11.8 Å². The highest BCUT2D eigenvalue weighted by Gasteiger charge is 2.26. The molecule has 0 bridgehead atoms. The first-order valence-electron chi connectivity index (χ1n) is 7.58. The van der Waals surface area contributed by atoms with Gasteiger partial charge in [0.15, 0.2) is 5.11 Å². The van der Waals surface area contributed by atoms with E-state index in [2.05, 4.69) is 26.6 Å². The van der Waals surface area contributed by atoms with Crippen LogP contribution in [-0.4, -0.2) is 16.9 Å². The number of halogens is 3. The largest absolute Gasteiger partial charge is 0.488 e. The van der Waals surface area contributed by atoms with Crippen LogP contribution in [0.5, 0.6) is 5.75 Å². The van der Waals surface area contributed by atoms with Crippen LogP contribution >= 0.6 is 51.3 Å². The average molecular weight is 486 g/mol. The second-order valence-electron chi connectivity index (χ2n) is 5.51. The standard InChI is InChI=1S/C18H11BrCl2N2O3S/c19-11-2-4-15(26-8-9-1-3-13(20)14(21)5-9)10(6-11)7-12-16(24)22-18(27)23-17(12)25/h1-7H,8H2,(H2,22,23,24,25,27). The van der Waals surface area contributed by atoms with Crippen LogP contribution in [0.15, 0.2) is 46.4 Å². The van der Waals surface area contributed by atoms with Crippen LogP contribution in [0, 0.1) is 0 Å². The van der Waals surface area contributed by atoms with Gasteiger partial charge in [-0.15, -0.1) is 0 Å². The summed E-state index contributed by atoms with van der Waals surface area (Å²) in [6.07, 6.45) is 1.45. The molecule has 0 unspecified atom stereocenters. The van der Waals surface area contributed by atoms with E-state index in [1.807, 2.05) is 0 Å². The number of rotatable bonds is 4. The van der Waals surface area contributed by atoms with E-state index < -0.39 is 11.8 Å². The molecule has 2 aromatic carbocycles. The van der Waals surface area contributed by atoms with Crippen molar-refractivity contribution in [3.63, 3.8) is 0 Å². The van der Waals surface area contributed by atoms with Gasteiger partial charge < -0.3 is 4.74 Å². The fraction of sp³-hybridized carbons (Fsp3) is 0.0556. The Morgan fingerprint density at radius 2 is 1.74 bits per heavy atom. The minimum absolute atomic E-state index is 0.0208. The Hall–Kier alpha value is -1.93. The quantitative estimate of drug-likeness (QED) is 0.386. The van der Waals surface area contributed by atoms with Crippen LogP contribution in [0.1, 0.15) is 11.1 Å². The van der Waals surface area contributed by atoms with Crippen molar-refractivity contribution in [3.8, 4) is 5.75 Å². The highest BCUT2D eigenvalue weighted by Crippen LogP contribution is 2.28. The number of ether oxygens (including phenoxy) is 1. The first-order chi connectivity index (χ1) is 12.8.